The van der Waals surface area contributed by atoms with E-state index in [0.29, 0.717) is 0 Å². The van der Waals surface area contributed by atoms with Crippen LogP contribution < -0.4 is 0 Å². The molecule has 22 heavy (non-hydrogen) atoms. The number of hydrogen-bond acceptors (Lipinski definition) is 10. The van der Waals surface area contributed by atoms with Gasteiger partial charge in [0.05, 0.1) is 11.1 Å². The number of aliphatic hydroxyl groups is 2. The highest BCUT2D eigenvalue weighted by Crippen LogP contribution is 2.14. The van der Waals surface area contributed by atoms with Gasteiger partial charge in [0.15, 0.2) is 12.2 Å². The Morgan fingerprint density at radius 1 is 0.682 bits per heavy atom. The standard InChI is InChI=1S/C12H8O10/c13-7-8(14)12(18)22-20-10(16)6-4-2-1-3-5(6)9(15)19-21-11(7)17/h1-4,7-8,13-14H. The molecule has 0 radical (unpaired) electrons. The summed E-state index contributed by atoms with van der Waals surface area (Å²) in [5.41, 5.74) is -0.682. The Bertz CT molecular complexity index is 582. The van der Waals surface area contributed by atoms with Crippen LogP contribution in [-0.2, 0) is 29.1 Å². The fourth-order valence-electron chi connectivity index (χ4n) is 1.44. The molecule has 1 aliphatic rings. The molecular formula is C12H8O10. The second-order valence-electron chi connectivity index (χ2n) is 3.98. The lowest BCUT2D eigenvalue weighted by Gasteiger charge is -2.15. The number of rotatable bonds is 0. The Morgan fingerprint density at radius 3 is 1.41 bits per heavy atom. The Balaban J connectivity index is 2.36. The predicted molar refractivity (Wildman–Crippen MR) is 61.5 cm³/mol. The van der Waals surface area contributed by atoms with Crippen molar-refractivity contribution in [1.29, 1.82) is 0 Å². The van der Waals surface area contributed by atoms with Gasteiger partial charge < -0.3 is 10.2 Å². The number of aliphatic hydroxyl groups excluding tert-OH is 2. The van der Waals surface area contributed by atoms with Crippen LogP contribution in [0.4, 0.5) is 0 Å². The molecule has 0 aromatic heterocycles. The van der Waals surface area contributed by atoms with Crippen molar-refractivity contribution in [2.45, 2.75) is 12.2 Å². The fourth-order valence-corrected chi connectivity index (χ4v) is 1.44. The van der Waals surface area contributed by atoms with Crippen molar-refractivity contribution in [3.8, 4) is 0 Å². The van der Waals surface area contributed by atoms with Crippen molar-refractivity contribution in [3.63, 3.8) is 0 Å². The van der Waals surface area contributed by atoms with Crippen molar-refractivity contribution < 1.29 is 48.9 Å². The molecule has 0 aliphatic carbocycles. The molecule has 116 valence electrons. The topological polar surface area (TPSA) is 146 Å². The second kappa shape index (κ2) is 6.20. The second-order valence-corrected chi connectivity index (χ2v) is 3.98. The lowest BCUT2D eigenvalue weighted by molar-refractivity contribution is -0.257. The van der Waals surface area contributed by atoms with Gasteiger partial charge in [0.2, 0.25) is 0 Å². The van der Waals surface area contributed by atoms with Gasteiger partial charge in [0.25, 0.3) is 0 Å². The van der Waals surface area contributed by atoms with E-state index in [0.717, 1.165) is 12.1 Å². The van der Waals surface area contributed by atoms with Gasteiger partial charge in [-0.25, -0.2) is 38.7 Å². The van der Waals surface area contributed by atoms with Crippen LogP contribution in [-0.4, -0.2) is 46.3 Å². The number of carbonyl (C=O) groups is 4. The summed E-state index contributed by atoms with van der Waals surface area (Å²) >= 11 is 0. The molecular weight excluding hydrogens is 304 g/mol. The molecule has 0 amide bonds. The van der Waals surface area contributed by atoms with Gasteiger partial charge in [-0.05, 0) is 12.1 Å². The van der Waals surface area contributed by atoms with Crippen LogP contribution in [0.5, 0.6) is 0 Å². The summed E-state index contributed by atoms with van der Waals surface area (Å²) in [5, 5.41) is 18.6. The molecule has 0 saturated carbocycles. The Morgan fingerprint density at radius 2 is 1.05 bits per heavy atom. The zero-order valence-corrected chi connectivity index (χ0v) is 10.6. The molecule has 2 rings (SSSR count). The van der Waals surface area contributed by atoms with Crippen molar-refractivity contribution in [2.24, 2.45) is 0 Å². The summed E-state index contributed by atoms with van der Waals surface area (Å²) in [6, 6.07) is 5.08. The third-order valence-electron chi connectivity index (χ3n) is 2.55. The van der Waals surface area contributed by atoms with E-state index in [2.05, 4.69) is 19.6 Å². The number of benzene rings is 1. The first kappa shape index (κ1) is 15.4. The van der Waals surface area contributed by atoms with E-state index < -0.39 is 36.1 Å². The minimum absolute atomic E-state index is 0.341. The van der Waals surface area contributed by atoms with E-state index in [-0.39, 0.29) is 11.1 Å². The van der Waals surface area contributed by atoms with Crippen molar-refractivity contribution in [1.82, 2.24) is 0 Å². The first-order valence-electron chi connectivity index (χ1n) is 5.72. The SMILES string of the molecule is O=C1OOC(=O)C(O)C(O)C(=O)OOC(=O)c2ccccc21. The summed E-state index contributed by atoms with van der Waals surface area (Å²) in [5.74, 6) is -5.73. The van der Waals surface area contributed by atoms with Gasteiger partial charge >= 0.3 is 23.9 Å². The average Bonchev–Trinajstić information content (AvgIpc) is 2.54. The minimum atomic E-state index is -2.41. The predicted octanol–water partition coefficient (Wildman–Crippen LogP) is -1.35. The smallest absolute Gasteiger partial charge is 0.378 e. The average molecular weight is 312 g/mol. The summed E-state index contributed by atoms with van der Waals surface area (Å²) in [6.07, 6.45) is -4.82. The van der Waals surface area contributed by atoms with Gasteiger partial charge in [-0.3, -0.25) is 0 Å². The third kappa shape index (κ3) is 3.02. The van der Waals surface area contributed by atoms with Gasteiger partial charge in [-0.15, -0.1) is 0 Å². The molecule has 0 fully saturated rings. The lowest BCUT2D eigenvalue weighted by Crippen LogP contribution is -2.42. The molecule has 1 aromatic rings. The maximum atomic E-state index is 11.7. The first-order valence-corrected chi connectivity index (χ1v) is 5.72. The van der Waals surface area contributed by atoms with Crippen LogP contribution in [0.2, 0.25) is 0 Å². The molecule has 10 heteroatoms. The minimum Gasteiger partial charge on any atom is -0.378 e. The number of carbonyl (C=O) groups excluding carboxylic acids is 4. The van der Waals surface area contributed by atoms with E-state index in [1.54, 1.807) is 0 Å². The van der Waals surface area contributed by atoms with Crippen LogP contribution in [0.15, 0.2) is 24.3 Å². The van der Waals surface area contributed by atoms with Crippen LogP contribution in [0.3, 0.4) is 0 Å². The van der Waals surface area contributed by atoms with E-state index in [9.17, 15) is 29.4 Å². The first-order chi connectivity index (χ1) is 10.4. The van der Waals surface area contributed by atoms with E-state index in [1.807, 2.05) is 0 Å². The Labute approximate surface area is 121 Å². The van der Waals surface area contributed by atoms with E-state index >= 15 is 0 Å². The zero-order chi connectivity index (χ0) is 16.3. The zero-order valence-electron chi connectivity index (χ0n) is 10.6. The molecule has 0 saturated heterocycles. The Hall–Kier alpha value is -2.98. The van der Waals surface area contributed by atoms with Crippen molar-refractivity contribution in [2.75, 3.05) is 0 Å². The normalized spacial score (nSPS) is 23.0. The molecule has 10 nitrogen and oxygen atoms in total. The number of fused-ring (bicyclic) bond motifs is 1. The number of hydrogen-bond donors (Lipinski definition) is 2. The molecule has 0 bridgehead atoms. The van der Waals surface area contributed by atoms with Crippen LogP contribution >= 0.6 is 0 Å². The summed E-state index contributed by atoms with van der Waals surface area (Å²) in [4.78, 5) is 62.2. The highest BCUT2D eigenvalue weighted by atomic mass is 17.2. The quantitative estimate of drug-likeness (QED) is 0.551. The van der Waals surface area contributed by atoms with Crippen molar-refractivity contribution >= 4 is 23.9 Å². The molecule has 2 atom stereocenters. The van der Waals surface area contributed by atoms with Crippen LogP contribution in [0.1, 0.15) is 20.7 Å². The molecule has 1 aliphatic heterocycles. The van der Waals surface area contributed by atoms with Gasteiger partial charge in [-0.1, -0.05) is 12.1 Å². The van der Waals surface area contributed by atoms with E-state index in [4.69, 9.17) is 0 Å². The van der Waals surface area contributed by atoms with Crippen molar-refractivity contribution in [3.05, 3.63) is 35.4 Å². The maximum absolute atomic E-state index is 11.7. The van der Waals surface area contributed by atoms with Gasteiger partial charge in [-0.2, -0.15) is 0 Å². The lowest BCUT2D eigenvalue weighted by atomic mass is 10.1. The molecule has 1 heterocycles. The van der Waals surface area contributed by atoms with E-state index in [1.165, 1.54) is 12.1 Å². The molecule has 0 spiro atoms. The maximum Gasteiger partial charge on any atom is 0.387 e. The van der Waals surface area contributed by atoms with Crippen LogP contribution in [0, 0.1) is 0 Å². The largest absolute Gasteiger partial charge is 0.387 e. The molecule has 2 unspecified atom stereocenters. The Kier molecular flexibility index (Phi) is 4.34. The summed E-state index contributed by atoms with van der Waals surface area (Å²) in [6.45, 7) is 0. The third-order valence-corrected chi connectivity index (χ3v) is 2.55. The monoisotopic (exact) mass is 312 g/mol. The fraction of sp³-hybridized carbons (Fsp3) is 0.167. The summed E-state index contributed by atoms with van der Waals surface area (Å²) < 4.78 is 0. The summed E-state index contributed by atoms with van der Waals surface area (Å²) in [7, 11) is 0. The highest BCUT2D eigenvalue weighted by molar-refractivity contribution is 6.03. The van der Waals surface area contributed by atoms with Crippen LogP contribution in [0.25, 0.3) is 0 Å². The molecule has 1 aromatic carbocycles. The van der Waals surface area contributed by atoms with Gasteiger partial charge in [0.1, 0.15) is 0 Å². The van der Waals surface area contributed by atoms with Gasteiger partial charge in [0, 0.05) is 0 Å². The highest BCUT2D eigenvalue weighted by Gasteiger charge is 2.37. The molecule has 2 N–H and O–H groups in total.